The quantitative estimate of drug-likeness (QED) is 0.794. The smallest absolute Gasteiger partial charge is 0.223 e. The molecule has 0 aromatic carbocycles. The van der Waals surface area contributed by atoms with Gasteiger partial charge in [-0.15, -0.1) is 0 Å². The molecule has 0 saturated heterocycles. The molecule has 0 amide bonds. The number of imidazole rings is 1. The van der Waals surface area contributed by atoms with E-state index in [1.165, 1.54) is 0 Å². The average Bonchev–Trinajstić information content (AvgIpc) is 3.23. The summed E-state index contributed by atoms with van der Waals surface area (Å²) < 4.78 is 16.1. The lowest BCUT2D eigenvalue weighted by molar-refractivity contribution is 0.0782. The Balaban J connectivity index is 1.39. The molecule has 25 heavy (non-hydrogen) atoms. The molecular weight excluding hydrogens is 317 g/mol. The Labute approximate surface area is 144 Å². The van der Waals surface area contributed by atoms with Crippen molar-refractivity contribution in [2.24, 2.45) is 0 Å². The highest BCUT2D eigenvalue weighted by molar-refractivity contribution is 5.83. The fourth-order valence-electron chi connectivity index (χ4n) is 3.52. The Hall–Kier alpha value is -2.76. The predicted octanol–water partition coefficient (Wildman–Crippen LogP) is 3.42. The largest absolute Gasteiger partial charge is 0.351 e. The van der Waals surface area contributed by atoms with Gasteiger partial charge in [0.25, 0.3) is 0 Å². The van der Waals surface area contributed by atoms with Crippen molar-refractivity contribution in [3.63, 3.8) is 0 Å². The first-order valence-corrected chi connectivity index (χ1v) is 8.63. The molecule has 0 unspecified atom stereocenters. The highest BCUT2D eigenvalue weighted by atomic mass is 19.1. The van der Waals surface area contributed by atoms with Crippen LogP contribution in [0.1, 0.15) is 36.1 Å². The first-order valence-electron chi connectivity index (χ1n) is 8.63. The first-order chi connectivity index (χ1) is 12.2. The summed E-state index contributed by atoms with van der Waals surface area (Å²) in [6, 6.07) is 4.07. The lowest BCUT2D eigenvalue weighted by atomic mass is 9.82. The van der Waals surface area contributed by atoms with Crippen LogP contribution in [-0.4, -0.2) is 31.6 Å². The number of hydrogen-bond donors (Lipinski definition) is 1. The normalized spacial score (nSPS) is 17.9. The van der Waals surface area contributed by atoms with Crippen LogP contribution < -0.4 is 5.32 Å². The standard InChI is InChI=1S/C19H18FN5/c20-19(6-1-7-19)12-23-18-22-10-15-14(3-4-16(15)24-18)13-2-5-17-21-8-9-25(17)11-13/h2-3,5,8-11H,1,4,6-7,12H2,(H,22,23,24). The van der Waals surface area contributed by atoms with E-state index < -0.39 is 5.67 Å². The van der Waals surface area contributed by atoms with Crippen LogP contribution in [0.3, 0.4) is 0 Å². The fourth-order valence-corrected chi connectivity index (χ4v) is 3.52. The van der Waals surface area contributed by atoms with Gasteiger partial charge in [0.1, 0.15) is 11.3 Å². The number of nitrogens with zero attached hydrogens (tertiary/aromatic N) is 4. The molecule has 0 bridgehead atoms. The molecule has 3 aromatic rings. The maximum absolute atomic E-state index is 14.1. The van der Waals surface area contributed by atoms with Gasteiger partial charge in [-0.05, 0) is 42.5 Å². The molecule has 2 aliphatic carbocycles. The van der Waals surface area contributed by atoms with Gasteiger partial charge >= 0.3 is 0 Å². The van der Waals surface area contributed by atoms with Crippen molar-refractivity contribution in [3.8, 4) is 0 Å². The van der Waals surface area contributed by atoms with Gasteiger partial charge in [0.2, 0.25) is 5.95 Å². The van der Waals surface area contributed by atoms with Gasteiger partial charge in [0.05, 0.1) is 12.2 Å². The molecule has 1 N–H and O–H groups in total. The van der Waals surface area contributed by atoms with E-state index in [9.17, 15) is 4.39 Å². The summed E-state index contributed by atoms with van der Waals surface area (Å²) in [6.45, 7) is 0.295. The van der Waals surface area contributed by atoms with E-state index in [0.29, 0.717) is 25.3 Å². The van der Waals surface area contributed by atoms with E-state index in [1.54, 1.807) is 6.20 Å². The molecule has 5 rings (SSSR count). The van der Waals surface area contributed by atoms with Gasteiger partial charge in [-0.1, -0.05) is 6.08 Å². The van der Waals surface area contributed by atoms with Crippen molar-refractivity contribution in [2.45, 2.75) is 31.4 Å². The van der Waals surface area contributed by atoms with Gasteiger partial charge in [0, 0.05) is 36.8 Å². The van der Waals surface area contributed by atoms with Crippen molar-refractivity contribution in [1.29, 1.82) is 0 Å². The Kier molecular flexibility index (Phi) is 3.13. The zero-order valence-corrected chi connectivity index (χ0v) is 13.7. The van der Waals surface area contributed by atoms with Crippen LogP contribution in [0, 0.1) is 0 Å². The van der Waals surface area contributed by atoms with Gasteiger partial charge in [0.15, 0.2) is 0 Å². The number of alkyl halides is 1. The second-order valence-electron chi connectivity index (χ2n) is 6.84. The lowest BCUT2D eigenvalue weighted by Crippen LogP contribution is -2.39. The molecular formula is C19H18FN5. The molecule has 1 saturated carbocycles. The Morgan fingerprint density at radius 1 is 1.24 bits per heavy atom. The number of aromatic nitrogens is 4. The van der Waals surface area contributed by atoms with Crippen molar-refractivity contribution < 1.29 is 4.39 Å². The molecule has 0 radical (unpaired) electrons. The number of rotatable bonds is 4. The molecule has 0 spiro atoms. The predicted molar refractivity (Wildman–Crippen MR) is 94.2 cm³/mol. The molecule has 2 aliphatic rings. The van der Waals surface area contributed by atoms with E-state index >= 15 is 0 Å². The second kappa shape index (κ2) is 5.37. The summed E-state index contributed by atoms with van der Waals surface area (Å²) >= 11 is 0. The topological polar surface area (TPSA) is 55.1 Å². The van der Waals surface area contributed by atoms with Crippen LogP contribution in [0.4, 0.5) is 10.3 Å². The number of allylic oxidation sites excluding steroid dienone is 1. The SMILES string of the molecule is FC1(CNc2ncc3c(n2)CC=C3c2ccc3nccn3c2)CCC1. The molecule has 126 valence electrons. The van der Waals surface area contributed by atoms with Crippen LogP contribution >= 0.6 is 0 Å². The minimum atomic E-state index is -1.08. The number of halogens is 1. The summed E-state index contributed by atoms with van der Waals surface area (Å²) in [6.07, 6.45) is 12.8. The average molecular weight is 335 g/mol. The van der Waals surface area contributed by atoms with Crippen LogP contribution in [0.2, 0.25) is 0 Å². The van der Waals surface area contributed by atoms with Crippen LogP contribution in [0.25, 0.3) is 11.2 Å². The summed E-state index contributed by atoms with van der Waals surface area (Å²) in [5.74, 6) is 0.516. The summed E-state index contributed by atoms with van der Waals surface area (Å²) in [5, 5.41) is 3.06. The van der Waals surface area contributed by atoms with E-state index in [-0.39, 0.29) is 0 Å². The minimum absolute atomic E-state index is 0.295. The number of anilines is 1. The van der Waals surface area contributed by atoms with Gasteiger partial charge in [-0.2, -0.15) is 0 Å². The number of nitrogens with one attached hydrogen (secondary N) is 1. The second-order valence-corrected chi connectivity index (χ2v) is 6.84. The van der Waals surface area contributed by atoms with E-state index in [4.69, 9.17) is 0 Å². The van der Waals surface area contributed by atoms with Crippen LogP contribution in [-0.2, 0) is 6.42 Å². The summed E-state index contributed by atoms with van der Waals surface area (Å²) in [4.78, 5) is 13.2. The van der Waals surface area contributed by atoms with Crippen molar-refractivity contribution in [2.75, 3.05) is 11.9 Å². The zero-order valence-electron chi connectivity index (χ0n) is 13.7. The molecule has 5 nitrogen and oxygen atoms in total. The third-order valence-corrected chi connectivity index (χ3v) is 5.17. The highest BCUT2D eigenvalue weighted by Gasteiger charge is 2.36. The molecule has 6 heteroatoms. The third kappa shape index (κ3) is 2.49. The van der Waals surface area contributed by atoms with Crippen LogP contribution in [0.15, 0.2) is 43.0 Å². The Morgan fingerprint density at radius 3 is 3.00 bits per heavy atom. The fraction of sp³-hybridized carbons (Fsp3) is 0.316. The van der Waals surface area contributed by atoms with E-state index in [0.717, 1.165) is 40.9 Å². The molecule has 1 fully saturated rings. The van der Waals surface area contributed by atoms with Gasteiger partial charge in [-0.3, -0.25) is 0 Å². The lowest BCUT2D eigenvalue weighted by Gasteiger charge is -2.33. The van der Waals surface area contributed by atoms with E-state index in [1.807, 2.05) is 22.9 Å². The monoisotopic (exact) mass is 335 g/mol. The third-order valence-electron chi connectivity index (χ3n) is 5.17. The molecule has 0 aliphatic heterocycles. The summed E-state index contributed by atoms with van der Waals surface area (Å²) in [7, 11) is 0. The Bertz CT molecular complexity index is 986. The first kappa shape index (κ1) is 14.6. The zero-order chi connectivity index (χ0) is 16.9. The maximum Gasteiger partial charge on any atom is 0.223 e. The molecule has 3 aromatic heterocycles. The number of pyridine rings is 1. The van der Waals surface area contributed by atoms with Crippen molar-refractivity contribution >= 4 is 17.2 Å². The van der Waals surface area contributed by atoms with Crippen LogP contribution in [0.5, 0.6) is 0 Å². The molecule has 0 atom stereocenters. The summed E-state index contributed by atoms with van der Waals surface area (Å²) in [5.41, 5.74) is 4.13. The maximum atomic E-state index is 14.1. The number of fused-ring (bicyclic) bond motifs is 2. The van der Waals surface area contributed by atoms with E-state index in [2.05, 4.69) is 38.6 Å². The number of hydrogen-bond acceptors (Lipinski definition) is 4. The van der Waals surface area contributed by atoms with Gasteiger partial charge in [-0.25, -0.2) is 19.3 Å². The molecule has 3 heterocycles. The van der Waals surface area contributed by atoms with Crippen molar-refractivity contribution in [1.82, 2.24) is 19.4 Å². The van der Waals surface area contributed by atoms with Gasteiger partial charge < -0.3 is 9.72 Å². The Morgan fingerprint density at radius 2 is 2.16 bits per heavy atom. The highest BCUT2D eigenvalue weighted by Crippen LogP contribution is 2.36. The minimum Gasteiger partial charge on any atom is -0.351 e. The van der Waals surface area contributed by atoms with Crippen molar-refractivity contribution in [3.05, 3.63) is 59.8 Å².